The summed E-state index contributed by atoms with van der Waals surface area (Å²) in [6.07, 6.45) is 0.561. The van der Waals surface area contributed by atoms with Gasteiger partial charge in [0, 0.05) is 4.88 Å². The Morgan fingerprint density at radius 2 is 2.17 bits per heavy atom. The summed E-state index contributed by atoms with van der Waals surface area (Å²) in [7, 11) is 0. The Morgan fingerprint density at radius 3 is 2.50 bits per heavy atom. The summed E-state index contributed by atoms with van der Waals surface area (Å²) in [5.41, 5.74) is 0. The van der Waals surface area contributed by atoms with Crippen molar-refractivity contribution >= 4 is 32.5 Å². The van der Waals surface area contributed by atoms with Crippen molar-refractivity contribution in [2.75, 3.05) is 0 Å². The molecule has 0 aliphatic carbocycles. The van der Waals surface area contributed by atoms with Gasteiger partial charge in [0.05, 0.1) is 6.10 Å². The summed E-state index contributed by atoms with van der Waals surface area (Å²) in [4.78, 5) is 5.66. The van der Waals surface area contributed by atoms with Gasteiger partial charge in [0.2, 0.25) is 0 Å². The van der Waals surface area contributed by atoms with Gasteiger partial charge in [-0.3, -0.25) is 0 Å². The molecule has 2 radical (unpaired) electrons. The zero-order valence-electron chi connectivity index (χ0n) is 7.87. The molecule has 0 aliphatic heterocycles. The summed E-state index contributed by atoms with van der Waals surface area (Å²) in [6, 6.07) is 3.91. The topological polar surface area (TPSA) is 20.2 Å². The fraction of sp³-hybridized carbons (Fsp3) is 0.556. The second-order valence-electron chi connectivity index (χ2n) is 2.44. The van der Waals surface area contributed by atoms with E-state index in [1.165, 1.54) is 0 Å². The molecule has 0 aliphatic rings. The standard InChI is InChI=1S/C7H10OS.2CH3.Sn/c1-2-6(8)7-4-3-5-9-7;;;/h3-6,8H,2H2,1H3;2*1H3;. The normalized spacial score (nSPS) is 11.7. The molecule has 1 rings (SSSR count). The Labute approximate surface area is 89.0 Å². The van der Waals surface area contributed by atoms with Crippen molar-refractivity contribution in [1.29, 1.82) is 0 Å². The monoisotopic (exact) mass is 292 g/mol. The average Bonchev–Trinajstić information content (AvgIpc) is 2.56. The van der Waals surface area contributed by atoms with Crippen molar-refractivity contribution in [3.63, 3.8) is 0 Å². The van der Waals surface area contributed by atoms with E-state index in [0.717, 1.165) is 11.3 Å². The van der Waals surface area contributed by atoms with E-state index >= 15 is 0 Å². The van der Waals surface area contributed by atoms with Crippen LogP contribution in [0.5, 0.6) is 0 Å². The van der Waals surface area contributed by atoms with Crippen molar-refractivity contribution in [3.05, 3.63) is 22.4 Å². The van der Waals surface area contributed by atoms with Crippen molar-refractivity contribution in [2.24, 2.45) is 0 Å². The van der Waals surface area contributed by atoms with Gasteiger partial charge in [0.15, 0.2) is 0 Å². The summed E-state index contributed by atoms with van der Waals surface area (Å²) >= 11 is 1.84. The van der Waals surface area contributed by atoms with Crippen LogP contribution in [0.1, 0.15) is 24.3 Å². The number of aliphatic hydroxyl groups is 1. The summed E-state index contributed by atoms with van der Waals surface area (Å²) in [5, 5.41) is 11.2. The van der Waals surface area contributed by atoms with Crippen LogP contribution in [0.25, 0.3) is 0 Å². The maximum absolute atomic E-state index is 9.23. The molecule has 1 unspecified atom stereocenters. The van der Waals surface area contributed by atoms with Crippen LogP contribution in [0.15, 0.2) is 17.5 Å². The van der Waals surface area contributed by atoms with Crippen molar-refractivity contribution in [2.45, 2.75) is 29.3 Å². The van der Waals surface area contributed by atoms with Gasteiger partial charge in [-0.15, -0.1) is 11.3 Å². The predicted octanol–water partition coefficient (Wildman–Crippen LogP) is 2.98. The molecule has 1 aromatic heterocycles. The van der Waals surface area contributed by atoms with E-state index in [1.54, 1.807) is 11.3 Å². The number of hydrogen-bond acceptors (Lipinski definition) is 2. The number of thiophene rings is 1. The Kier molecular flexibility index (Phi) is 8.38. The molecule has 1 aromatic rings. The van der Waals surface area contributed by atoms with Gasteiger partial charge in [-0.1, -0.05) is 13.0 Å². The molecule has 0 spiro atoms. The first-order valence-corrected chi connectivity index (χ1v) is 10.6. The van der Waals surface area contributed by atoms with Gasteiger partial charge in [-0.2, -0.15) is 0 Å². The molecule has 0 amide bonds. The molecule has 68 valence electrons. The van der Waals surface area contributed by atoms with Gasteiger partial charge >= 0.3 is 31.0 Å². The van der Waals surface area contributed by atoms with Crippen LogP contribution in [0.4, 0.5) is 0 Å². The van der Waals surface area contributed by atoms with E-state index in [2.05, 4.69) is 9.88 Å². The van der Waals surface area contributed by atoms with Crippen LogP contribution in [-0.2, 0) is 0 Å². The van der Waals surface area contributed by atoms with Crippen LogP contribution in [-0.4, -0.2) is 26.2 Å². The summed E-state index contributed by atoms with van der Waals surface area (Å²) in [5.74, 6) is 0. The van der Waals surface area contributed by atoms with Crippen LogP contribution >= 0.6 is 11.3 Å². The third-order valence-corrected chi connectivity index (χ3v) is 2.23. The molecule has 1 N–H and O–H groups in total. The van der Waals surface area contributed by atoms with E-state index in [9.17, 15) is 5.11 Å². The Hall–Kier alpha value is 0.459. The molecule has 1 nitrogen and oxygen atoms in total. The number of aliphatic hydroxyl groups excluding tert-OH is 1. The molecule has 0 fully saturated rings. The van der Waals surface area contributed by atoms with Crippen LogP contribution in [0.2, 0.25) is 9.88 Å². The van der Waals surface area contributed by atoms with E-state index in [-0.39, 0.29) is 27.2 Å². The first-order chi connectivity index (χ1) is 5.76. The molecular weight excluding hydrogens is 275 g/mol. The molecule has 12 heavy (non-hydrogen) atoms. The maximum atomic E-state index is 9.23. The summed E-state index contributed by atoms with van der Waals surface area (Å²) in [6.45, 7) is 1.98. The number of rotatable bonds is 2. The van der Waals surface area contributed by atoms with Crippen molar-refractivity contribution in [1.82, 2.24) is 0 Å². The Bertz CT molecular complexity index is 175. The second kappa shape index (κ2) is 8.08. The fourth-order valence-electron chi connectivity index (χ4n) is 0.682. The average molecular weight is 291 g/mol. The second-order valence-corrected chi connectivity index (χ2v) is 6.27. The van der Waals surface area contributed by atoms with E-state index in [0.29, 0.717) is 0 Å². The van der Waals surface area contributed by atoms with Crippen molar-refractivity contribution in [3.8, 4) is 0 Å². The van der Waals surface area contributed by atoms with Crippen LogP contribution in [0, 0.1) is 0 Å². The SMILES string of the molecule is CCC(O)c1cccs1.[CH3][Sn][CH3]. The van der Waals surface area contributed by atoms with Crippen molar-refractivity contribution < 1.29 is 5.11 Å². The molecule has 1 atom stereocenters. The molecular formula is C9H16OSSn. The quantitative estimate of drug-likeness (QED) is 0.831. The van der Waals surface area contributed by atoms with Gasteiger partial charge in [-0.05, 0) is 17.9 Å². The Balaban J connectivity index is 0.000000354. The molecule has 0 saturated heterocycles. The van der Waals surface area contributed by atoms with E-state index in [4.69, 9.17) is 0 Å². The zero-order chi connectivity index (χ0) is 9.40. The first-order valence-electron chi connectivity index (χ1n) is 4.06. The molecule has 0 aromatic carbocycles. The zero-order valence-corrected chi connectivity index (χ0v) is 11.5. The van der Waals surface area contributed by atoms with Gasteiger partial charge in [0.1, 0.15) is 0 Å². The van der Waals surface area contributed by atoms with Gasteiger partial charge in [-0.25, -0.2) is 0 Å². The van der Waals surface area contributed by atoms with E-state index in [1.807, 2.05) is 24.4 Å². The number of hydrogen-bond donors (Lipinski definition) is 1. The third-order valence-electron chi connectivity index (χ3n) is 1.26. The minimum absolute atomic E-state index is 0.230. The van der Waals surface area contributed by atoms with Gasteiger partial charge in [0.25, 0.3) is 0 Å². The molecule has 3 heteroatoms. The third kappa shape index (κ3) is 5.17. The molecule has 1 heterocycles. The van der Waals surface area contributed by atoms with Crippen LogP contribution < -0.4 is 0 Å². The predicted molar refractivity (Wildman–Crippen MR) is 57.1 cm³/mol. The first kappa shape index (κ1) is 12.5. The fourth-order valence-corrected chi connectivity index (χ4v) is 1.48. The van der Waals surface area contributed by atoms with Crippen LogP contribution in [0.3, 0.4) is 0 Å². The van der Waals surface area contributed by atoms with E-state index < -0.39 is 0 Å². The Morgan fingerprint density at radius 1 is 1.58 bits per heavy atom. The van der Waals surface area contributed by atoms with Gasteiger partial charge < -0.3 is 5.11 Å². The molecule has 0 bridgehead atoms. The minimum atomic E-state index is -0.245. The molecule has 0 saturated carbocycles. The summed E-state index contributed by atoms with van der Waals surface area (Å²) < 4.78 is 0.